The Labute approximate surface area is 108 Å². The summed E-state index contributed by atoms with van der Waals surface area (Å²) in [5.41, 5.74) is 0.789. The van der Waals surface area contributed by atoms with Crippen LogP contribution in [-0.2, 0) is 6.54 Å². The Hall–Kier alpha value is -0.630. The lowest BCUT2D eigenvalue weighted by atomic mass is 10.3. The van der Waals surface area contributed by atoms with Crippen LogP contribution in [0.15, 0.2) is 38.5 Å². The quantitative estimate of drug-likeness (QED) is 0.751. The first-order valence-electron chi connectivity index (χ1n) is 4.11. The molecule has 0 unspecified atom stereocenters. The SMILES string of the molecule is O=c1cc(I)cnn1Cc1coc(Br)c1. The second-order valence-corrected chi connectivity index (χ2v) is 4.96. The van der Waals surface area contributed by atoms with Crippen LogP contribution in [0.4, 0.5) is 0 Å². The second-order valence-electron chi connectivity index (χ2n) is 2.93. The molecule has 0 radical (unpaired) electrons. The number of hydrogen-bond donors (Lipinski definition) is 0. The highest BCUT2D eigenvalue weighted by molar-refractivity contribution is 14.1. The van der Waals surface area contributed by atoms with Crippen LogP contribution < -0.4 is 5.56 Å². The molecular weight excluding hydrogens is 375 g/mol. The molecule has 0 atom stereocenters. The summed E-state index contributed by atoms with van der Waals surface area (Å²) in [6, 6.07) is 3.36. The fourth-order valence-electron chi connectivity index (χ4n) is 1.13. The Morgan fingerprint density at radius 3 is 2.93 bits per heavy atom. The molecule has 0 N–H and O–H groups in total. The summed E-state index contributed by atoms with van der Waals surface area (Å²) in [6.07, 6.45) is 3.24. The molecule has 0 aliphatic heterocycles. The Morgan fingerprint density at radius 2 is 2.33 bits per heavy atom. The van der Waals surface area contributed by atoms with E-state index >= 15 is 0 Å². The zero-order chi connectivity index (χ0) is 10.8. The third-order valence-electron chi connectivity index (χ3n) is 1.79. The molecule has 0 bridgehead atoms. The minimum Gasteiger partial charge on any atom is -0.457 e. The van der Waals surface area contributed by atoms with Crippen molar-refractivity contribution in [2.24, 2.45) is 0 Å². The second kappa shape index (κ2) is 4.48. The van der Waals surface area contributed by atoms with Crippen molar-refractivity contribution in [3.63, 3.8) is 0 Å². The van der Waals surface area contributed by atoms with Gasteiger partial charge in [0.25, 0.3) is 5.56 Å². The van der Waals surface area contributed by atoms with Crippen molar-refractivity contribution in [1.29, 1.82) is 0 Å². The molecule has 0 aliphatic carbocycles. The topological polar surface area (TPSA) is 48.0 Å². The van der Waals surface area contributed by atoms with Gasteiger partial charge in [-0.05, 0) is 44.6 Å². The smallest absolute Gasteiger partial charge is 0.268 e. The van der Waals surface area contributed by atoms with Gasteiger partial charge in [0.05, 0.1) is 19.0 Å². The van der Waals surface area contributed by atoms with Gasteiger partial charge in [-0.2, -0.15) is 5.10 Å². The van der Waals surface area contributed by atoms with Crippen molar-refractivity contribution in [1.82, 2.24) is 9.78 Å². The van der Waals surface area contributed by atoms with Crippen LogP contribution in [-0.4, -0.2) is 9.78 Å². The van der Waals surface area contributed by atoms with E-state index in [1.165, 1.54) is 4.68 Å². The standard InChI is InChI=1S/C9H6BrIN2O2/c10-8-1-6(5-15-8)4-13-9(14)2-7(11)3-12-13/h1-3,5H,4H2. The molecule has 2 heterocycles. The van der Waals surface area contributed by atoms with E-state index in [2.05, 4.69) is 43.6 Å². The van der Waals surface area contributed by atoms with Crippen molar-refractivity contribution < 1.29 is 4.42 Å². The normalized spacial score (nSPS) is 10.5. The van der Waals surface area contributed by atoms with Crippen molar-refractivity contribution in [3.05, 3.63) is 48.7 Å². The lowest BCUT2D eigenvalue weighted by molar-refractivity contribution is 0.534. The van der Waals surface area contributed by atoms with Crippen LogP contribution in [0.1, 0.15) is 5.56 Å². The number of aromatic nitrogens is 2. The maximum absolute atomic E-state index is 11.5. The van der Waals surface area contributed by atoms with E-state index in [1.807, 2.05) is 6.07 Å². The summed E-state index contributed by atoms with van der Waals surface area (Å²) in [7, 11) is 0. The first kappa shape index (κ1) is 10.9. The number of furan rings is 1. The van der Waals surface area contributed by atoms with Crippen molar-refractivity contribution in [2.45, 2.75) is 6.54 Å². The summed E-state index contributed by atoms with van der Waals surface area (Å²) in [5.74, 6) is 0. The van der Waals surface area contributed by atoms with Gasteiger partial charge in [0.1, 0.15) is 0 Å². The van der Waals surface area contributed by atoms with Crippen molar-refractivity contribution in [2.75, 3.05) is 0 Å². The molecule has 0 saturated carbocycles. The first-order valence-corrected chi connectivity index (χ1v) is 5.98. The van der Waals surface area contributed by atoms with E-state index in [9.17, 15) is 4.79 Å². The molecular formula is C9H6BrIN2O2. The predicted octanol–water partition coefficient (Wildman–Crippen LogP) is 2.25. The minimum atomic E-state index is -0.112. The third-order valence-corrected chi connectivity index (χ3v) is 2.80. The number of nitrogens with zero attached hydrogens (tertiary/aromatic N) is 2. The van der Waals surface area contributed by atoms with E-state index in [0.717, 1.165) is 9.13 Å². The molecule has 6 heteroatoms. The zero-order valence-corrected chi connectivity index (χ0v) is 11.2. The predicted molar refractivity (Wildman–Crippen MR) is 66.7 cm³/mol. The molecule has 2 aromatic heterocycles. The van der Waals surface area contributed by atoms with E-state index in [0.29, 0.717) is 11.2 Å². The molecule has 0 fully saturated rings. The van der Waals surface area contributed by atoms with Crippen LogP contribution in [0.3, 0.4) is 0 Å². The van der Waals surface area contributed by atoms with Crippen molar-refractivity contribution in [3.8, 4) is 0 Å². The lowest BCUT2D eigenvalue weighted by Gasteiger charge is -2.00. The van der Waals surface area contributed by atoms with Gasteiger partial charge in [0.2, 0.25) is 0 Å². The zero-order valence-electron chi connectivity index (χ0n) is 7.48. The fourth-order valence-corrected chi connectivity index (χ4v) is 1.91. The Kier molecular flexibility index (Phi) is 3.25. The molecule has 0 aliphatic rings. The molecule has 15 heavy (non-hydrogen) atoms. The summed E-state index contributed by atoms with van der Waals surface area (Å²) in [6.45, 7) is 0.421. The highest BCUT2D eigenvalue weighted by Crippen LogP contribution is 2.14. The summed E-state index contributed by atoms with van der Waals surface area (Å²) < 4.78 is 7.95. The van der Waals surface area contributed by atoms with E-state index in [4.69, 9.17) is 4.42 Å². The monoisotopic (exact) mass is 380 g/mol. The molecule has 78 valence electrons. The average molecular weight is 381 g/mol. The van der Waals surface area contributed by atoms with E-state index in [1.54, 1.807) is 18.5 Å². The number of halogens is 2. The van der Waals surface area contributed by atoms with Gasteiger partial charge in [0, 0.05) is 15.2 Å². The highest BCUT2D eigenvalue weighted by Gasteiger charge is 2.02. The maximum atomic E-state index is 11.5. The van der Waals surface area contributed by atoms with Gasteiger partial charge in [-0.25, -0.2) is 4.68 Å². The van der Waals surface area contributed by atoms with Crippen LogP contribution >= 0.6 is 38.5 Å². The molecule has 0 saturated heterocycles. The molecule has 4 nitrogen and oxygen atoms in total. The third kappa shape index (κ3) is 2.69. The Bertz CT molecular complexity index is 535. The molecule has 0 spiro atoms. The van der Waals surface area contributed by atoms with Gasteiger partial charge in [-0.15, -0.1) is 0 Å². The summed E-state index contributed by atoms with van der Waals surface area (Å²) in [5, 5.41) is 4.02. The minimum absolute atomic E-state index is 0.112. The average Bonchev–Trinajstić information content (AvgIpc) is 2.56. The maximum Gasteiger partial charge on any atom is 0.268 e. The van der Waals surface area contributed by atoms with Gasteiger partial charge >= 0.3 is 0 Å². The van der Waals surface area contributed by atoms with Crippen LogP contribution in [0.25, 0.3) is 0 Å². The highest BCUT2D eigenvalue weighted by atomic mass is 127. The first-order chi connectivity index (χ1) is 7.15. The van der Waals surface area contributed by atoms with Crippen LogP contribution in [0.2, 0.25) is 0 Å². The van der Waals surface area contributed by atoms with E-state index < -0.39 is 0 Å². The van der Waals surface area contributed by atoms with Gasteiger partial charge in [-0.1, -0.05) is 0 Å². The molecule has 0 amide bonds. The van der Waals surface area contributed by atoms with Gasteiger partial charge in [0.15, 0.2) is 4.67 Å². The molecule has 2 rings (SSSR count). The molecule has 2 aromatic rings. The van der Waals surface area contributed by atoms with Crippen LogP contribution in [0, 0.1) is 3.57 Å². The van der Waals surface area contributed by atoms with Crippen molar-refractivity contribution >= 4 is 38.5 Å². The Morgan fingerprint density at radius 1 is 1.53 bits per heavy atom. The fraction of sp³-hybridized carbons (Fsp3) is 0.111. The largest absolute Gasteiger partial charge is 0.457 e. The molecule has 0 aromatic carbocycles. The van der Waals surface area contributed by atoms with Gasteiger partial charge < -0.3 is 4.42 Å². The van der Waals surface area contributed by atoms with Gasteiger partial charge in [-0.3, -0.25) is 4.79 Å². The van der Waals surface area contributed by atoms with Crippen LogP contribution in [0.5, 0.6) is 0 Å². The lowest BCUT2D eigenvalue weighted by Crippen LogP contribution is -2.22. The Balaban J connectivity index is 2.28. The summed E-state index contributed by atoms with van der Waals surface area (Å²) in [4.78, 5) is 11.5. The number of hydrogen-bond acceptors (Lipinski definition) is 3. The number of rotatable bonds is 2. The summed E-state index contributed by atoms with van der Waals surface area (Å²) >= 11 is 5.26. The van der Waals surface area contributed by atoms with E-state index in [-0.39, 0.29) is 5.56 Å².